The zero-order valence-corrected chi connectivity index (χ0v) is 12.7. The molecule has 0 saturated carbocycles. The maximum absolute atomic E-state index is 11.8. The van der Waals surface area contributed by atoms with Crippen LogP contribution in [0.2, 0.25) is 0 Å². The average Bonchev–Trinajstić information content (AvgIpc) is 2.76. The molecule has 0 fully saturated rings. The first-order valence-corrected chi connectivity index (χ1v) is 7.03. The molecule has 0 spiro atoms. The Morgan fingerprint density at radius 1 is 1.55 bits per heavy atom. The average molecular weight is 283 g/mol. The molecule has 1 unspecified atom stereocenters. The molecular formula is C14H25N3O3. The van der Waals surface area contributed by atoms with Crippen LogP contribution < -0.4 is 5.32 Å². The lowest BCUT2D eigenvalue weighted by Crippen LogP contribution is -2.35. The molecule has 0 amide bonds. The molecule has 1 aromatic rings. The standard InChI is InChI=1S/C14H25N3O3/c1-5-20-14(19)11-8-16-17(4)13(11)9-15-12(6-7-18)10(2)3/h8,10,12,15,18H,5-7,9H2,1-4H3. The number of carbonyl (C=O) groups excluding carboxylic acids is 1. The van der Waals surface area contributed by atoms with E-state index >= 15 is 0 Å². The summed E-state index contributed by atoms with van der Waals surface area (Å²) in [6.45, 7) is 6.99. The van der Waals surface area contributed by atoms with E-state index in [9.17, 15) is 4.79 Å². The Kier molecular flexibility index (Phi) is 6.67. The van der Waals surface area contributed by atoms with Crippen molar-refractivity contribution >= 4 is 5.97 Å². The summed E-state index contributed by atoms with van der Waals surface area (Å²) in [5, 5.41) is 16.6. The first-order valence-electron chi connectivity index (χ1n) is 7.03. The number of aliphatic hydroxyl groups excluding tert-OH is 1. The van der Waals surface area contributed by atoms with Crippen molar-refractivity contribution in [2.24, 2.45) is 13.0 Å². The molecule has 6 nitrogen and oxygen atoms in total. The zero-order valence-electron chi connectivity index (χ0n) is 12.7. The van der Waals surface area contributed by atoms with E-state index in [4.69, 9.17) is 9.84 Å². The van der Waals surface area contributed by atoms with Crippen molar-refractivity contribution in [2.45, 2.75) is 39.8 Å². The molecule has 0 bridgehead atoms. The predicted molar refractivity (Wildman–Crippen MR) is 76.3 cm³/mol. The Morgan fingerprint density at radius 2 is 2.25 bits per heavy atom. The number of aryl methyl sites for hydroxylation is 1. The van der Waals surface area contributed by atoms with Gasteiger partial charge in [-0.3, -0.25) is 4.68 Å². The SMILES string of the molecule is CCOC(=O)c1cnn(C)c1CNC(CCO)C(C)C. The van der Waals surface area contributed by atoms with Gasteiger partial charge in [0.1, 0.15) is 5.56 Å². The normalized spacial score (nSPS) is 12.7. The molecule has 0 aliphatic rings. The van der Waals surface area contributed by atoms with E-state index in [1.165, 1.54) is 6.20 Å². The highest BCUT2D eigenvalue weighted by Gasteiger charge is 2.19. The Bertz CT molecular complexity index is 429. The van der Waals surface area contributed by atoms with Crippen molar-refractivity contribution in [1.82, 2.24) is 15.1 Å². The third kappa shape index (κ3) is 4.31. The van der Waals surface area contributed by atoms with Crippen molar-refractivity contribution in [3.05, 3.63) is 17.5 Å². The lowest BCUT2D eigenvalue weighted by Gasteiger charge is -2.21. The largest absolute Gasteiger partial charge is 0.462 e. The summed E-state index contributed by atoms with van der Waals surface area (Å²) in [6, 6.07) is 0.199. The van der Waals surface area contributed by atoms with Crippen LogP contribution in [0.5, 0.6) is 0 Å². The number of rotatable bonds is 8. The summed E-state index contributed by atoms with van der Waals surface area (Å²) in [6.07, 6.45) is 2.22. The molecule has 1 heterocycles. The smallest absolute Gasteiger partial charge is 0.341 e. The monoisotopic (exact) mass is 283 g/mol. The molecule has 0 aliphatic carbocycles. The fourth-order valence-corrected chi connectivity index (χ4v) is 2.09. The van der Waals surface area contributed by atoms with Gasteiger partial charge in [0.15, 0.2) is 0 Å². The van der Waals surface area contributed by atoms with Crippen molar-refractivity contribution < 1.29 is 14.6 Å². The van der Waals surface area contributed by atoms with Crippen LogP contribution in [0, 0.1) is 5.92 Å². The number of hydrogen-bond donors (Lipinski definition) is 2. The van der Waals surface area contributed by atoms with Crippen LogP contribution >= 0.6 is 0 Å². The third-order valence-corrected chi connectivity index (χ3v) is 3.33. The second kappa shape index (κ2) is 8.01. The van der Waals surface area contributed by atoms with Gasteiger partial charge in [-0.15, -0.1) is 0 Å². The van der Waals surface area contributed by atoms with Crippen molar-refractivity contribution in [1.29, 1.82) is 0 Å². The van der Waals surface area contributed by atoms with Gasteiger partial charge in [-0.2, -0.15) is 5.10 Å². The molecule has 2 N–H and O–H groups in total. The second-order valence-corrected chi connectivity index (χ2v) is 5.09. The summed E-state index contributed by atoms with van der Waals surface area (Å²) >= 11 is 0. The van der Waals surface area contributed by atoms with Gasteiger partial charge in [-0.25, -0.2) is 4.79 Å². The minimum atomic E-state index is -0.347. The third-order valence-electron chi connectivity index (χ3n) is 3.33. The van der Waals surface area contributed by atoms with Gasteiger partial charge in [0.05, 0.1) is 18.5 Å². The number of aromatic nitrogens is 2. The number of hydrogen-bond acceptors (Lipinski definition) is 5. The molecule has 114 valence electrons. The number of nitrogens with zero attached hydrogens (tertiary/aromatic N) is 2. The molecule has 20 heavy (non-hydrogen) atoms. The van der Waals surface area contributed by atoms with Crippen LogP contribution in [-0.4, -0.2) is 40.1 Å². The fraction of sp³-hybridized carbons (Fsp3) is 0.714. The molecular weight excluding hydrogens is 258 g/mol. The number of aliphatic hydroxyl groups is 1. The van der Waals surface area contributed by atoms with Crippen LogP contribution in [0.25, 0.3) is 0 Å². The molecule has 1 rings (SSSR count). The van der Waals surface area contributed by atoms with Gasteiger partial charge in [0, 0.05) is 26.2 Å². The van der Waals surface area contributed by atoms with Crippen LogP contribution in [0.1, 0.15) is 43.2 Å². The number of nitrogens with one attached hydrogen (secondary N) is 1. The molecule has 0 aromatic carbocycles. The van der Waals surface area contributed by atoms with Gasteiger partial charge in [-0.05, 0) is 19.3 Å². The fourth-order valence-electron chi connectivity index (χ4n) is 2.09. The molecule has 0 saturated heterocycles. The van der Waals surface area contributed by atoms with Crippen molar-refractivity contribution in [2.75, 3.05) is 13.2 Å². The van der Waals surface area contributed by atoms with E-state index in [2.05, 4.69) is 24.3 Å². The van der Waals surface area contributed by atoms with Gasteiger partial charge in [-0.1, -0.05) is 13.8 Å². The minimum absolute atomic E-state index is 0.145. The Morgan fingerprint density at radius 3 is 2.80 bits per heavy atom. The van der Waals surface area contributed by atoms with Crippen LogP contribution in [0.4, 0.5) is 0 Å². The Hall–Kier alpha value is -1.40. The highest BCUT2D eigenvalue weighted by molar-refractivity contribution is 5.90. The summed E-state index contributed by atoms with van der Waals surface area (Å²) in [5.74, 6) is 0.0575. The number of carbonyl (C=O) groups is 1. The van der Waals surface area contributed by atoms with E-state index in [0.29, 0.717) is 31.1 Å². The van der Waals surface area contributed by atoms with Crippen LogP contribution in [0.3, 0.4) is 0 Å². The Labute approximate surface area is 120 Å². The molecule has 6 heteroatoms. The Balaban J connectivity index is 2.76. The lowest BCUT2D eigenvalue weighted by molar-refractivity contribution is 0.0524. The molecule has 1 aromatic heterocycles. The van der Waals surface area contributed by atoms with E-state index in [1.807, 2.05) is 0 Å². The first kappa shape index (κ1) is 16.7. The maximum Gasteiger partial charge on any atom is 0.341 e. The van der Waals surface area contributed by atoms with Crippen LogP contribution in [-0.2, 0) is 18.3 Å². The molecule has 1 atom stereocenters. The highest BCUT2D eigenvalue weighted by Crippen LogP contribution is 2.12. The van der Waals surface area contributed by atoms with Crippen molar-refractivity contribution in [3.8, 4) is 0 Å². The summed E-state index contributed by atoms with van der Waals surface area (Å²) < 4.78 is 6.70. The molecule has 0 aliphatic heterocycles. The van der Waals surface area contributed by atoms with E-state index in [1.54, 1.807) is 18.7 Å². The van der Waals surface area contributed by atoms with E-state index in [0.717, 1.165) is 5.69 Å². The van der Waals surface area contributed by atoms with E-state index < -0.39 is 0 Å². The van der Waals surface area contributed by atoms with Gasteiger partial charge < -0.3 is 15.2 Å². The first-order chi connectivity index (χ1) is 9.51. The molecule has 0 radical (unpaired) electrons. The maximum atomic E-state index is 11.8. The topological polar surface area (TPSA) is 76.4 Å². The van der Waals surface area contributed by atoms with Gasteiger partial charge >= 0.3 is 5.97 Å². The van der Waals surface area contributed by atoms with E-state index in [-0.39, 0.29) is 18.6 Å². The zero-order chi connectivity index (χ0) is 15.1. The van der Waals surface area contributed by atoms with Gasteiger partial charge in [0.25, 0.3) is 0 Å². The minimum Gasteiger partial charge on any atom is -0.462 e. The number of esters is 1. The number of ether oxygens (including phenoxy) is 1. The summed E-state index contributed by atoms with van der Waals surface area (Å²) in [5.41, 5.74) is 1.29. The lowest BCUT2D eigenvalue weighted by atomic mass is 10.0. The summed E-state index contributed by atoms with van der Waals surface area (Å²) in [4.78, 5) is 11.8. The van der Waals surface area contributed by atoms with Crippen molar-refractivity contribution in [3.63, 3.8) is 0 Å². The second-order valence-electron chi connectivity index (χ2n) is 5.09. The van der Waals surface area contributed by atoms with Crippen LogP contribution in [0.15, 0.2) is 6.20 Å². The quantitative estimate of drug-likeness (QED) is 0.699. The van der Waals surface area contributed by atoms with Gasteiger partial charge in [0.2, 0.25) is 0 Å². The summed E-state index contributed by atoms with van der Waals surface area (Å²) in [7, 11) is 1.80. The highest BCUT2D eigenvalue weighted by atomic mass is 16.5. The predicted octanol–water partition coefficient (Wildman–Crippen LogP) is 1.09.